The molecule has 3 fully saturated rings. The maximum Gasteiger partial charge on any atom is 0.239 e. The predicted molar refractivity (Wildman–Crippen MR) is 72.7 cm³/mol. The molecule has 108 valence electrons. The van der Waals surface area contributed by atoms with Gasteiger partial charge in [0.05, 0.1) is 13.2 Å². The van der Waals surface area contributed by atoms with Gasteiger partial charge < -0.3 is 10.5 Å². The molecule has 2 aliphatic carbocycles. The highest BCUT2D eigenvalue weighted by molar-refractivity contribution is 5.86. The van der Waals surface area contributed by atoms with E-state index in [0.29, 0.717) is 18.0 Å². The average molecular weight is 267 g/mol. The Morgan fingerprint density at radius 3 is 2.68 bits per heavy atom. The van der Waals surface area contributed by atoms with Crippen molar-refractivity contribution in [2.45, 2.75) is 50.2 Å². The van der Waals surface area contributed by atoms with E-state index < -0.39 is 5.54 Å². The summed E-state index contributed by atoms with van der Waals surface area (Å²) in [5.74, 6) is 0.265. The Morgan fingerprint density at radius 2 is 2.16 bits per heavy atom. The molecule has 0 spiro atoms. The summed E-state index contributed by atoms with van der Waals surface area (Å²) in [5.41, 5.74) is 5.28. The first-order valence-corrected chi connectivity index (χ1v) is 7.51. The topological polar surface area (TPSA) is 67.6 Å². The van der Waals surface area contributed by atoms with Crippen molar-refractivity contribution in [1.82, 2.24) is 10.2 Å². The van der Waals surface area contributed by atoms with Gasteiger partial charge in [-0.3, -0.25) is 15.0 Å². The van der Waals surface area contributed by atoms with Gasteiger partial charge in [0, 0.05) is 25.2 Å². The summed E-state index contributed by atoms with van der Waals surface area (Å²) in [5, 5.41) is 3.58. The number of hydrogen-bond acceptors (Lipinski definition) is 4. The fraction of sp³-hybridized carbons (Fsp3) is 0.929. The molecular weight excluding hydrogens is 242 g/mol. The summed E-state index contributed by atoms with van der Waals surface area (Å²) >= 11 is 0. The fourth-order valence-corrected chi connectivity index (χ4v) is 3.13. The molecule has 3 rings (SSSR count). The second-order valence-corrected chi connectivity index (χ2v) is 6.42. The van der Waals surface area contributed by atoms with Crippen molar-refractivity contribution in [2.24, 2.45) is 11.7 Å². The minimum atomic E-state index is -0.507. The van der Waals surface area contributed by atoms with Gasteiger partial charge >= 0.3 is 0 Å². The first-order valence-electron chi connectivity index (χ1n) is 7.51. The quantitative estimate of drug-likeness (QED) is 0.716. The molecule has 3 aliphatic rings. The molecule has 1 saturated heterocycles. The highest BCUT2D eigenvalue weighted by Gasteiger charge is 2.53. The maximum absolute atomic E-state index is 12.1. The monoisotopic (exact) mass is 267 g/mol. The Bertz CT molecular complexity index is 355. The van der Waals surface area contributed by atoms with Crippen molar-refractivity contribution >= 4 is 5.91 Å². The predicted octanol–water partition coefficient (Wildman–Crippen LogP) is 0.0932. The number of ether oxygens (including phenoxy) is 1. The molecule has 2 atom stereocenters. The van der Waals surface area contributed by atoms with E-state index in [9.17, 15) is 4.79 Å². The lowest BCUT2D eigenvalue weighted by molar-refractivity contribution is -0.127. The maximum atomic E-state index is 12.1. The molecule has 0 radical (unpaired) electrons. The number of amides is 1. The molecule has 5 heteroatoms. The van der Waals surface area contributed by atoms with E-state index in [1.807, 2.05) is 0 Å². The second kappa shape index (κ2) is 5.04. The molecule has 1 aliphatic heterocycles. The van der Waals surface area contributed by atoms with E-state index in [2.05, 4.69) is 17.1 Å². The van der Waals surface area contributed by atoms with Crippen LogP contribution in [0.5, 0.6) is 0 Å². The molecule has 2 saturated carbocycles. The SMILES string of the molecule is CC1COCCN1CC(NC1CC1)(C(N)=O)C1CC1. The molecule has 0 bridgehead atoms. The van der Waals surface area contributed by atoms with Crippen LogP contribution in [0.4, 0.5) is 0 Å². The van der Waals surface area contributed by atoms with E-state index in [1.165, 1.54) is 12.8 Å². The van der Waals surface area contributed by atoms with Crippen LogP contribution in [-0.2, 0) is 9.53 Å². The van der Waals surface area contributed by atoms with Crippen molar-refractivity contribution in [3.63, 3.8) is 0 Å². The van der Waals surface area contributed by atoms with E-state index in [1.54, 1.807) is 0 Å². The Labute approximate surface area is 114 Å². The van der Waals surface area contributed by atoms with Gasteiger partial charge in [-0.25, -0.2) is 0 Å². The third kappa shape index (κ3) is 2.78. The lowest BCUT2D eigenvalue weighted by atomic mass is 9.90. The number of carbonyl (C=O) groups excluding carboxylic acids is 1. The van der Waals surface area contributed by atoms with Gasteiger partial charge in [0.25, 0.3) is 0 Å². The van der Waals surface area contributed by atoms with Crippen LogP contribution in [0, 0.1) is 5.92 Å². The van der Waals surface area contributed by atoms with Gasteiger partial charge in [-0.1, -0.05) is 0 Å². The molecular formula is C14H25N3O2. The second-order valence-electron chi connectivity index (χ2n) is 6.42. The van der Waals surface area contributed by atoms with Gasteiger partial charge in [-0.2, -0.15) is 0 Å². The van der Waals surface area contributed by atoms with Gasteiger partial charge in [-0.05, 0) is 38.5 Å². The smallest absolute Gasteiger partial charge is 0.239 e. The number of primary amides is 1. The first-order chi connectivity index (χ1) is 9.12. The van der Waals surface area contributed by atoms with Crippen molar-refractivity contribution in [1.29, 1.82) is 0 Å². The van der Waals surface area contributed by atoms with Gasteiger partial charge in [0.15, 0.2) is 0 Å². The van der Waals surface area contributed by atoms with Gasteiger partial charge in [-0.15, -0.1) is 0 Å². The molecule has 0 aromatic carbocycles. The number of rotatable bonds is 6. The van der Waals surface area contributed by atoms with Crippen LogP contribution in [-0.4, -0.2) is 54.7 Å². The third-order valence-electron chi connectivity index (χ3n) is 4.71. The van der Waals surface area contributed by atoms with Crippen LogP contribution >= 0.6 is 0 Å². The molecule has 5 nitrogen and oxygen atoms in total. The zero-order chi connectivity index (χ0) is 13.5. The van der Waals surface area contributed by atoms with Crippen LogP contribution in [0.15, 0.2) is 0 Å². The number of carbonyl (C=O) groups is 1. The summed E-state index contributed by atoms with van der Waals surface area (Å²) in [7, 11) is 0. The third-order valence-corrected chi connectivity index (χ3v) is 4.71. The molecule has 0 aromatic heterocycles. The van der Waals surface area contributed by atoms with Crippen molar-refractivity contribution in [2.75, 3.05) is 26.3 Å². The van der Waals surface area contributed by atoms with Crippen LogP contribution < -0.4 is 11.1 Å². The standard InChI is InChI=1S/C14H25N3O2/c1-10-8-19-7-6-17(10)9-14(13(15)18,11-2-3-11)16-12-4-5-12/h10-12,16H,2-9H2,1H3,(H2,15,18). The summed E-state index contributed by atoms with van der Waals surface area (Å²) in [6.45, 7) is 5.31. The zero-order valence-corrected chi connectivity index (χ0v) is 11.7. The normalized spacial score (nSPS) is 31.9. The zero-order valence-electron chi connectivity index (χ0n) is 11.7. The average Bonchev–Trinajstić information content (AvgIpc) is 3.25. The lowest BCUT2D eigenvalue weighted by Crippen LogP contribution is -2.65. The van der Waals surface area contributed by atoms with Crippen molar-refractivity contribution in [3.8, 4) is 0 Å². The summed E-state index contributed by atoms with van der Waals surface area (Å²) < 4.78 is 5.48. The molecule has 2 unspecified atom stereocenters. The molecule has 1 heterocycles. The number of morpholine rings is 1. The minimum absolute atomic E-state index is 0.166. The number of nitrogens with one attached hydrogen (secondary N) is 1. The summed E-state index contributed by atoms with van der Waals surface area (Å²) in [6, 6.07) is 0.872. The molecule has 3 N–H and O–H groups in total. The Balaban J connectivity index is 1.74. The van der Waals surface area contributed by atoms with Crippen molar-refractivity contribution < 1.29 is 9.53 Å². The van der Waals surface area contributed by atoms with E-state index in [-0.39, 0.29) is 5.91 Å². The lowest BCUT2D eigenvalue weighted by Gasteiger charge is -2.41. The molecule has 0 aromatic rings. The first kappa shape index (κ1) is 13.3. The van der Waals surface area contributed by atoms with Crippen molar-refractivity contribution in [3.05, 3.63) is 0 Å². The van der Waals surface area contributed by atoms with Crippen LogP contribution in [0.3, 0.4) is 0 Å². The van der Waals surface area contributed by atoms with E-state index in [0.717, 1.165) is 39.1 Å². The molecule has 1 amide bonds. The molecule has 19 heavy (non-hydrogen) atoms. The number of nitrogens with zero attached hydrogens (tertiary/aromatic N) is 1. The summed E-state index contributed by atoms with van der Waals surface area (Å²) in [4.78, 5) is 14.5. The number of hydrogen-bond donors (Lipinski definition) is 2. The van der Waals surface area contributed by atoms with E-state index in [4.69, 9.17) is 10.5 Å². The van der Waals surface area contributed by atoms with Gasteiger partial charge in [0.1, 0.15) is 5.54 Å². The minimum Gasteiger partial charge on any atom is -0.379 e. The largest absolute Gasteiger partial charge is 0.379 e. The summed E-state index contributed by atoms with van der Waals surface area (Å²) in [6.07, 6.45) is 4.61. The van der Waals surface area contributed by atoms with Crippen LogP contribution in [0.25, 0.3) is 0 Å². The number of nitrogens with two attached hydrogens (primary N) is 1. The Hall–Kier alpha value is -0.650. The highest BCUT2D eigenvalue weighted by Crippen LogP contribution is 2.42. The van der Waals surface area contributed by atoms with E-state index >= 15 is 0 Å². The van der Waals surface area contributed by atoms with Crippen LogP contribution in [0.1, 0.15) is 32.6 Å². The van der Waals surface area contributed by atoms with Gasteiger partial charge in [0.2, 0.25) is 5.91 Å². The highest BCUT2D eigenvalue weighted by atomic mass is 16.5. The Kier molecular flexibility index (Phi) is 3.53. The van der Waals surface area contributed by atoms with Crippen LogP contribution in [0.2, 0.25) is 0 Å². The Morgan fingerprint density at radius 1 is 1.42 bits per heavy atom. The fourth-order valence-electron chi connectivity index (χ4n) is 3.13.